The fraction of sp³-hybridized carbons (Fsp3) is 0.333. The molecule has 0 unspecified atom stereocenters. The Labute approximate surface area is 87.3 Å². The second kappa shape index (κ2) is 5.04. The van der Waals surface area contributed by atoms with E-state index in [0.717, 1.165) is 0 Å². The Morgan fingerprint density at radius 3 is 2.73 bits per heavy atom. The van der Waals surface area contributed by atoms with Crippen molar-refractivity contribution in [3.8, 4) is 0 Å². The van der Waals surface area contributed by atoms with Gasteiger partial charge in [-0.2, -0.15) is 0 Å². The van der Waals surface area contributed by atoms with Gasteiger partial charge in [0.25, 0.3) is 5.91 Å². The Kier molecular flexibility index (Phi) is 3.73. The largest absolute Gasteiger partial charge is 0.358 e. The number of nitrogens with zero attached hydrogens (tertiary/aromatic N) is 3. The first-order valence-electron chi connectivity index (χ1n) is 4.37. The molecule has 80 valence electrons. The molecular formula is C9H12N4O2. The molecule has 0 fully saturated rings. The molecule has 1 aromatic heterocycles. The van der Waals surface area contributed by atoms with Gasteiger partial charge in [0.05, 0.1) is 12.7 Å². The van der Waals surface area contributed by atoms with Crippen LogP contribution < -0.4 is 5.32 Å². The molecule has 0 aromatic carbocycles. The minimum absolute atomic E-state index is 0.00586. The highest BCUT2D eigenvalue weighted by molar-refractivity contribution is 5.94. The summed E-state index contributed by atoms with van der Waals surface area (Å²) in [4.78, 5) is 31.6. The van der Waals surface area contributed by atoms with Crippen molar-refractivity contribution in [2.75, 3.05) is 20.6 Å². The standard InChI is InChI=1S/C9H12N4O2/c1-10-8(14)6-13(2)9(15)7-5-11-3-4-12-7/h3-5H,6H2,1-2H3,(H,10,14). The molecule has 6 nitrogen and oxygen atoms in total. The van der Waals surface area contributed by atoms with E-state index in [9.17, 15) is 9.59 Å². The van der Waals surface area contributed by atoms with Crippen LogP contribution in [0.25, 0.3) is 0 Å². The van der Waals surface area contributed by atoms with Crippen molar-refractivity contribution in [3.05, 3.63) is 24.3 Å². The van der Waals surface area contributed by atoms with Gasteiger partial charge in [-0.25, -0.2) is 4.98 Å². The minimum atomic E-state index is -0.327. The van der Waals surface area contributed by atoms with Crippen LogP contribution in [-0.4, -0.2) is 47.3 Å². The normalized spacial score (nSPS) is 9.47. The molecule has 0 aliphatic carbocycles. The lowest BCUT2D eigenvalue weighted by Crippen LogP contribution is -2.37. The summed E-state index contributed by atoms with van der Waals surface area (Å²) < 4.78 is 0. The molecule has 1 aromatic rings. The Morgan fingerprint density at radius 1 is 1.47 bits per heavy atom. The second-order valence-electron chi connectivity index (χ2n) is 2.93. The maximum atomic E-state index is 11.6. The first-order valence-corrected chi connectivity index (χ1v) is 4.37. The van der Waals surface area contributed by atoms with Gasteiger partial charge in [0.15, 0.2) is 0 Å². The van der Waals surface area contributed by atoms with E-state index in [0.29, 0.717) is 0 Å². The van der Waals surface area contributed by atoms with Gasteiger partial charge in [-0.3, -0.25) is 14.6 Å². The van der Waals surface area contributed by atoms with Gasteiger partial charge in [-0.15, -0.1) is 0 Å². The van der Waals surface area contributed by atoms with E-state index < -0.39 is 0 Å². The second-order valence-corrected chi connectivity index (χ2v) is 2.93. The van der Waals surface area contributed by atoms with E-state index >= 15 is 0 Å². The van der Waals surface area contributed by atoms with E-state index in [1.807, 2.05) is 0 Å². The molecule has 0 radical (unpaired) electrons. The zero-order valence-electron chi connectivity index (χ0n) is 8.60. The number of carbonyl (C=O) groups excluding carboxylic acids is 2. The lowest BCUT2D eigenvalue weighted by molar-refractivity contribution is -0.121. The van der Waals surface area contributed by atoms with Gasteiger partial charge in [0.2, 0.25) is 5.91 Å². The van der Waals surface area contributed by atoms with Crippen molar-refractivity contribution in [1.29, 1.82) is 0 Å². The zero-order valence-corrected chi connectivity index (χ0v) is 8.60. The van der Waals surface area contributed by atoms with Crippen LogP contribution in [0.3, 0.4) is 0 Å². The number of carbonyl (C=O) groups is 2. The summed E-state index contributed by atoms with van der Waals surface area (Å²) in [5, 5.41) is 2.43. The molecule has 1 rings (SSSR count). The summed E-state index contributed by atoms with van der Waals surface area (Å²) in [7, 11) is 3.05. The minimum Gasteiger partial charge on any atom is -0.358 e. The van der Waals surface area contributed by atoms with Crippen LogP contribution in [0.1, 0.15) is 10.5 Å². The maximum Gasteiger partial charge on any atom is 0.274 e. The van der Waals surface area contributed by atoms with Crippen LogP contribution in [0.4, 0.5) is 0 Å². The fourth-order valence-electron chi connectivity index (χ4n) is 0.971. The number of nitrogens with one attached hydrogen (secondary N) is 1. The smallest absolute Gasteiger partial charge is 0.274 e. The van der Waals surface area contributed by atoms with Gasteiger partial charge in [0.1, 0.15) is 5.69 Å². The highest BCUT2D eigenvalue weighted by Crippen LogP contribution is 1.96. The van der Waals surface area contributed by atoms with Crippen LogP contribution in [0.5, 0.6) is 0 Å². The monoisotopic (exact) mass is 208 g/mol. The first kappa shape index (κ1) is 11.1. The Bertz CT molecular complexity index is 352. The quantitative estimate of drug-likeness (QED) is 0.712. The molecule has 0 bridgehead atoms. The molecule has 0 aliphatic heterocycles. The number of likely N-dealkylation sites (N-methyl/N-ethyl adjacent to an activating group) is 2. The summed E-state index contributed by atoms with van der Waals surface area (Å²) in [6, 6.07) is 0. The number of hydrogen-bond donors (Lipinski definition) is 1. The lowest BCUT2D eigenvalue weighted by atomic mass is 10.4. The Morgan fingerprint density at radius 2 is 2.20 bits per heavy atom. The van der Waals surface area contributed by atoms with Crippen molar-refractivity contribution >= 4 is 11.8 Å². The van der Waals surface area contributed by atoms with E-state index in [4.69, 9.17) is 0 Å². The average molecular weight is 208 g/mol. The van der Waals surface area contributed by atoms with Gasteiger partial charge >= 0.3 is 0 Å². The summed E-state index contributed by atoms with van der Waals surface area (Å²) in [5.41, 5.74) is 0.226. The number of hydrogen-bond acceptors (Lipinski definition) is 4. The molecule has 2 amide bonds. The van der Waals surface area contributed by atoms with E-state index in [-0.39, 0.29) is 24.1 Å². The summed E-state index contributed by atoms with van der Waals surface area (Å²) in [5.74, 6) is -0.554. The molecule has 0 spiro atoms. The third-order valence-corrected chi connectivity index (χ3v) is 1.79. The van der Waals surface area contributed by atoms with E-state index in [1.54, 1.807) is 0 Å². The third-order valence-electron chi connectivity index (χ3n) is 1.79. The molecular weight excluding hydrogens is 196 g/mol. The lowest BCUT2D eigenvalue weighted by Gasteiger charge is -2.14. The van der Waals surface area contributed by atoms with E-state index in [2.05, 4.69) is 15.3 Å². The highest BCUT2D eigenvalue weighted by atomic mass is 16.2. The number of rotatable bonds is 3. The predicted molar refractivity (Wildman–Crippen MR) is 53.1 cm³/mol. The van der Waals surface area contributed by atoms with Crippen LogP contribution in [0.15, 0.2) is 18.6 Å². The van der Waals surface area contributed by atoms with Crippen LogP contribution in [0.2, 0.25) is 0 Å². The summed E-state index contributed by atoms with van der Waals surface area (Å²) in [6.45, 7) is 0.00586. The van der Waals surface area contributed by atoms with Crippen molar-refractivity contribution in [3.63, 3.8) is 0 Å². The molecule has 6 heteroatoms. The highest BCUT2D eigenvalue weighted by Gasteiger charge is 2.14. The maximum absolute atomic E-state index is 11.6. The molecule has 1 heterocycles. The van der Waals surface area contributed by atoms with Gasteiger partial charge in [0, 0.05) is 26.5 Å². The van der Waals surface area contributed by atoms with Crippen molar-refractivity contribution in [2.24, 2.45) is 0 Å². The van der Waals surface area contributed by atoms with Gasteiger partial charge in [-0.1, -0.05) is 0 Å². The first-order chi connectivity index (χ1) is 7.15. The molecule has 0 atom stereocenters. The average Bonchev–Trinajstić information content (AvgIpc) is 2.29. The summed E-state index contributed by atoms with van der Waals surface area (Å²) in [6.07, 6.45) is 4.28. The zero-order chi connectivity index (χ0) is 11.3. The van der Waals surface area contributed by atoms with E-state index in [1.165, 1.54) is 37.6 Å². The fourth-order valence-corrected chi connectivity index (χ4v) is 0.971. The SMILES string of the molecule is CNC(=O)CN(C)C(=O)c1cnccn1. The molecule has 0 aliphatic rings. The van der Waals surface area contributed by atoms with Gasteiger partial charge in [-0.05, 0) is 0 Å². The van der Waals surface area contributed by atoms with Gasteiger partial charge < -0.3 is 10.2 Å². The Hall–Kier alpha value is -1.98. The molecule has 0 saturated heterocycles. The number of amides is 2. The third kappa shape index (κ3) is 3.01. The van der Waals surface area contributed by atoms with Crippen molar-refractivity contribution < 1.29 is 9.59 Å². The molecule has 15 heavy (non-hydrogen) atoms. The van der Waals surface area contributed by atoms with Crippen LogP contribution in [0, 0.1) is 0 Å². The molecule has 0 saturated carbocycles. The predicted octanol–water partition coefficient (Wildman–Crippen LogP) is -0.705. The summed E-state index contributed by atoms with van der Waals surface area (Å²) >= 11 is 0. The molecule has 1 N–H and O–H groups in total. The van der Waals surface area contributed by atoms with Crippen LogP contribution in [-0.2, 0) is 4.79 Å². The topological polar surface area (TPSA) is 75.2 Å². The van der Waals surface area contributed by atoms with Crippen LogP contribution >= 0.6 is 0 Å². The van der Waals surface area contributed by atoms with Crippen molar-refractivity contribution in [2.45, 2.75) is 0 Å². The Balaban J connectivity index is 2.65. The van der Waals surface area contributed by atoms with Crippen molar-refractivity contribution in [1.82, 2.24) is 20.2 Å². The number of aromatic nitrogens is 2.